The summed E-state index contributed by atoms with van der Waals surface area (Å²) in [6, 6.07) is 4.25. The maximum Gasteiger partial charge on any atom is 0.124 e. The van der Waals surface area contributed by atoms with Crippen molar-refractivity contribution in [2.24, 2.45) is 5.73 Å². The third-order valence-electron chi connectivity index (χ3n) is 3.80. The van der Waals surface area contributed by atoms with Gasteiger partial charge in [-0.25, -0.2) is 0 Å². The summed E-state index contributed by atoms with van der Waals surface area (Å²) in [4.78, 5) is 0. The molecule has 0 radical (unpaired) electrons. The summed E-state index contributed by atoms with van der Waals surface area (Å²) in [5.74, 6) is 1.85. The Bertz CT molecular complexity index is 500. The van der Waals surface area contributed by atoms with Crippen LogP contribution in [0.5, 0.6) is 11.5 Å². The molecular formula is C17H26N2O2. The highest BCUT2D eigenvalue weighted by molar-refractivity contribution is 5.50. The molecular weight excluding hydrogens is 264 g/mol. The maximum absolute atomic E-state index is 5.94. The number of ether oxygens (including phenoxy) is 2. The van der Waals surface area contributed by atoms with Crippen LogP contribution in [-0.2, 0) is 6.42 Å². The zero-order valence-corrected chi connectivity index (χ0v) is 13.2. The van der Waals surface area contributed by atoms with E-state index in [0.29, 0.717) is 6.54 Å². The standard InChI is InChI=1S/C17H26N2O2/c1-4-5-6-7-19-15(11-18)14-10-16-13(8-12(2)21-16)9-17(14)20-3/h4-5,9-10,12,15,19H,6-8,11,18H2,1-3H3/b5-4+. The van der Waals surface area contributed by atoms with Crippen LogP contribution in [0.1, 0.15) is 37.4 Å². The summed E-state index contributed by atoms with van der Waals surface area (Å²) < 4.78 is 11.4. The van der Waals surface area contributed by atoms with Crippen molar-refractivity contribution in [2.75, 3.05) is 20.2 Å². The van der Waals surface area contributed by atoms with Gasteiger partial charge < -0.3 is 20.5 Å². The number of nitrogens with one attached hydrogen (secondary N) is 1. The SMILES string of the molecule is C/C=C/CCNC(CN)c1cc2c(cc1OC)CC(C)O2. The Labute approximate surface area is 127 Å². The molecule has 1 aliphatic rings. The molecule has 0 fully saturated rings. The van der Waals surface area contributed by atoms with Crippen molar-refractivity contribution in [3.8, 4) is 11.5 Å². The quantitative estimate of drug-likeness (QED) is 0.598. The van der Waals surface area contributed by atoms with E-state index < -0.39 is 0 Å². The van der Waals surface area contributed by atoms with Crippen molar-refractivity contribution >= 4 is 0 Å². The molecule has 1 aromatic rings. The van der Waals surface area contributed by atoms with Gasteiger partial charge in [0.05, 0.1) is 7.11 Å². The van der Waals surface area contributed by atoms with Crippen LogP contribution in [-0.4, -0.2) is 26.3 Å². The molecule has 0 aromatic heterocycles. The summed E-state index contributed by atoms with van der Waals surface area (Å²) in [5.41, 5.74) is 8.23. The van der Waals surface area contributed by atoms with Crippen molar-refractivity contribution in [3.63, 3.8) is 0 Å². The molecule has 0 amide bonds. The molecule has 21 heavy (non-hydrogen) atoms. The van der Waals surface area contributed by atoms with Crippen LogP contribution in [0.4, 0.5) is 0 Å². The Kier molecular flexibility index (Phi) is 5.65. The van der Waals surface area contributed by atoms with Gasteiger partial charge in [-0.1, -0.05) is 12.2 Å². The Hall–Kier alpha value is -1.52. The third-order valence-corrected chi connectivity index (χ3v) is 3.80. The predicted molar refractivity (Wildman–Crippen MR) is 86.0 cm³/mol. The number of rotatable bonds is 7. The number of hydrogen-bond donors (Lipinski definition) is 2. The normalized spacial score (nSPS) is 18.6. The van der Waals surface area contributed by atoms with Gasteiger partial charge in [0, 0.05) is 30.1 Å². The fourth-order valence-corrected chi connectivity index (χ4v) is 2.73. The highest BCUT2D eigenvalue weighted by Gasteiger charge is 2.24. The van der Waals surface area contributed by atoms with E-state index >= 15 is 0 Å². The summed E-state index contributed by atoms with van der Waals surface area (Å²) >= 11 is 0. The lowest BCUT2D eigenvalue weighted by atomic mass is 10.0. The van der Waals surface area contributed by atoms with E-state index in [4.69, 9.17) is 15.2 Å². The molecule has 1 aromatic carbocycles. The second-order valence-electron chi connectivity index (χ2n) is 5.43. The Morgan fingerprint density at radius 3 is 3.00 bits per heavy atom. The first-order valence-electron chi connectivity index (χ1n) is 7.61. The molecule has 4 nitrogen and oxygen atoms in total. The van der Waals surface area contributed by atoms with Gasteiger partial charge in [-0.05, 0) is 38.9 Å². The highest BCUT2D eigenvalue weighted by Crippen LogP contribution is 2.37. The Morgan fingerprint density at radius 2 is 2.33 bits per heavy atom. The Morgan fingerprint density at radius 1 is 1.52 bits per heavy atom. The minimum absolute atomic E-state index is 0.0787. The molecule has 0 spiro atoms. The van der Waals surface area contributed by atoms with E-state index in [1.807, 2.05) is 6.92 Å². The van der Waals surface area contributed by atoms with Gasteiger partial charge in [0.2, 0.25) is 0 Å². The number of benzene rings is 1. The molecule has 1 aliphatic heterocycles. The maximum atomic E-state index is 5.94. The van der Waals surface area contributed by atoms with Gasteiger partial charge in [0.25, 0.3) is 0 Å². The zero-order valence-electron chi connectivity index (χ0n) is 13.2. The lowest BCUT2D eigenvalue weighted by Gasteiger charge is -2.20. The van der Waals surface area contributed by atoms with Crippen LogP contribution in [0.25, 0.3) is 0 Å². The molecule has 0 bridgehead atoms. The number of fused-ring (bicyclic) bond motifs is 1. The van der Waals surface area contributed by atoms with Gasteiger partial charge >= 0.3 is 0 Å². The third kappa shape index (κ3) is 3.77. The molecule has 4 heteroatoms. The minimum Gasteiger partial charge on any atom is -0.496 e. The molecule has 0 aliphatic carbocycles. The van der Waals surface area contributed by atoms with E-state index in [-0.39, 0.29) is 12.1 Å². The van der Waals surface area contributed by atoms with Crippen molar-refractivity contribution in [1.29, 1.82) is 0 Å². The van der Waals surface area contributed by atoms with E-state index in [2.05, 4.69) is 36.5 Å². The van der Waals surface area contributed by atoms with E-state index in [1.54, 1.807) is 7.11 Å². The minimum atomic E-state index is 0.0787. The van der Waals surface area contributed by atoms with E-state index in [1.165, 1.54) is 5.56 Å². The van der Waals surface area contributed by atoms with Crippen LogP contribution in [0.3, 0.4) is 0 Å². The highest BCUT2D eigenvalue weighted by atomic mass is 16.5. The number of allylic oxidation sites excluding steroid dienone is 1. The molecule has 0 saturated heterocycles. The number of methoxy groups -OCH3 is 1. The fraction of sp³-hybridized carbons (Fsp3) is 0.529. The average Bonchev–Trinajstić information content (AvgIpc) is 2.85. The largest absolute Gasteiger partial charge is 0.496 e. The van der Waals surface area contributed by atoms with Gasteiger partial charge in [0.1, 0.15) is 17.6 Å². The lowest BCUT2D eigenvalue weighted by Crippen LogP contribution is -2.29. The van der Waals surface area contributed by atoms with Crippen molar-refractivity contribution in [3.05, 3.63) is 35.4 Å². The van der Waals surface area contributed by atoms with E-state index in [0.717, 1.165) is 36.4 Å². The van der Waals surface area contributed by atoms with Crippen molar-refractivity contribution < 1.29 is 9.47 Å². The fourth-order valence-electron chi connectivity index (χ4n) is 2.73. The molecule has 1 heterocycles. The summed E-state index contributed by atoms with van der Waals surface area (Å²) in [6.07, 6.45) is 6.37. The second-order valence-corrected chi connectivity index (χ2v) is 5.43. The summed E-state index contributed by atoms with van der Waals surface area (Å²) in [7, 11) is 1.71. The first-order valence-corrected chi connectivity index (χ1v) is 7.61. The van der Waals surface area contributed by atoms with Crippen molar-refractivity contribution in [1.82, 2.24) is 5.32 Å². The number of nitrogens with two attached hydrogens (primary N) is 1. The second kappa shape index (κ2) is 7.48. The number of hydrogen-bond acceptors (Lipinski definition) is 4. The van der Waals surface area contributed by atoms with E-state index in [9.17, 15) is 0 Å². The van der Waals surface area contributed by atoms with Crippen LogP contribution in [0, 0.1) is 0 Å². The molecule has 116 valence electrons. The molecule has 3 N–H and O–H groups in total. The average molecular weight is 290 g/mol. The smallest absolute Gasteiger partial charge is 0.124 e. The summed E-state index contributed by atoms with van der Waals surface area (Å²) in [6.45, 7) is 5.54. The first-order chi connectivity index (χ1) is 10.2. The first kappa shape index (κ1) is 15.9. The molecule has 2 atom stereocenters. The van der Waals surface area contributed by atoms with Gasteiger partial charge in [0.15, 0.2) is 0 Å². The Balaban J connectivity index is 2.18. The zero-order chi connectivity index (χ0) is 15.2. The van der Waals surface area contributed by atoms with Crippen molar-refractivity contribution in [2.45, 2.75) is 38.8 Å². The van der Waals surface area contributed by atoms with Crippen LogP contribution >= 0.6 is 0 Å². The van der Waals surface area contributed by atoms with Gasteiger partial charge in [-0.3, -0.25) is 0 Å². The van der Waals surface area contributed by atoms with Gasteiger partial charge in [-0.2, -0.15) is 0 Å². The lowest BCUT2D eigenvalue weighted by molar-refractivity contribution is 0.254. The van der Waals surface area contributed by atoms with Gasteiger partial charge in [-0.15, -0.1) is 0 Å². The van der Waals surface area contributed by atoms with Crippen LogP contribution in [0.2, 0.25) is 0 Å². The molecule has 2 rings (SSSR count). The summed E-state index contributed by atoms with van der Waals surface area (Å²) in [5, 5.41) is 3.49. The van der Waals surface area contributed by atoms with Crippen LogP contribution < -0.4 is 20.5 Å². The monoisotopic (exact) mass is 290 g/mol. The predicted octanol–water partition coefficient (Wildman–Crippen LogP) is 2.57. The topological polar surface area (TPSA) is 56.5 Å². The van der Waals surface area contributed by atoms with Crippen LogP contribution in [0.15, 0.2) is 24.3 Å². The molecule has 0 saturated carbocycles. The molecule has 2 unspecified atom stereocenters.